The van der Waals surface area contributed by atoms with Crippen LogP contribution < -0.4 is 0 Å². The van der Waals surface area contributed by atoms with Crippen LogP contribution >= 0.6 is 6.60 Å². The first-order valence-corrected chi connectivity index (χ1v) is 12.2. The van der Waals surface area contributed by atoms with Crippen LogP contribution in [0.1, 0.15) is 79.1 Å². The monoisotopic (exact) mass is 302 g/mol. The first-order chi connectivity index (χ1) is 9.62. The number of unbranched alkanes of at least 4 members (excludes halogenated alkanes) is 4. The van der Waals surface area contributed by atoms with Crippen LogP contribution in [0.4, 0.5) is 0 Å². The fourth-order valence-corrected chi connectivity index (χ4v) is 11.0. The summed E-state index contributed by atoms with van der Waals surface area (Å²) < 4.78 is 0. The van der Waals surface area contributed by atoms with Gasteiger partial charge in [0, 0.05) is 0 Å². The molecule has 0 radical (unpaired) electrons. The fourth-order valence-electron chi connectivity index (χ4n) is 3.67. The summed E-state index contributed by atoms with van der Waals surface area (Å²) in [5.74, 6) is 0. The van der Waals surface area contributed by atoms with Gasteiger partial charge in [-0.25, -0.2) is 0 Å². The molecule has 0 saturated carbocycles. The molecular weight excluding hydrogens is 263 g/mol. The first kappa shape index (κ1) is 20.1. The van der Waals surface area contributed by atoms with Crippen molar-refractivity contribution in [2.75, 3.05) is 30.8 Å². The molecule has 2 heteroatoms. The van der Waals surface area contributed by atoms with Crippen molar-refractivity contribution in [2.24, 2.45) is 0 Å². The van der Waals surface area contributed by atoms with Gasteiger partial charge in [-0.1, -0.05) is 0 Å². The van der Waals surface area contributed by atoms with Gasteiger partial charge in [-0.3, -0.25) is 0 Å². The molecule has 0 amide bonds. The summed E-state index contributed by atoms with van der Waals surface area (Å²) in [4.78, 5) is 11.5. The Labute approximate surface area is 128 Å². The van der Waals surface area contributed by atoms with Crippen molar-refractivity contribution >= 4 is 12.9 Å². The molecule has 0 aliphatic rings. The molecule has 0 aliphatic heterocycles. The van der Waals surface area contributed by atoms with E-state index in [0.717, 1.165) is 6.16 Å². The van der Waals surface area contributed by atoms with E-state index in [1.165, 1.54) is 82.3 Å². The molecule has 122 valence electrons. The summed E-state index contributed by atoms with van der Waals surface area (Å²) >= 11 is 0. The molecule has 0 aromatic carbocycles. The Balaban J connectivity index is 5.31. The topological polar surface area (TPSA) is 17.1 Å². The summed E-state index contributed by atoms with van der Waals surface area (Å²) in [5.41, 5.74) is 0. The Hall–Kier alpha value is 0.100. The second kappa shape index (κ2) is 10.8. The van der Waals surface area contributed by atoms with Crippen LogP contribution in [-0.2, 0) is 4.79 Å². The first-order valence-electron chi connectivity index (χ1n) is 9.05. The molecule has 0 aliphatic carbocycles. The van der Waals surface area contributed by atoms with Crippen LogP contribution in [0.3, 0.4) is 0 Å². The van der Waals surface area contributed by atoms with Crippen LogP contribution in [0.15, 0.2) is 0 Å². The van der Waals surface area contributed by atoms with Crippen LogP contribution in [0.5, 0.6) is 0 Å². The van der Waals surface area contributed by atoms with Crippen molar-refractivity contribution in [3.05, 3.63) is 0 Å². The van der Waals surface area contributed by atoms with Gasteiger partial charge in [0.2, 0.25) is 0 Å². The summed E-state index contributed by atoms with van der Waals surface area (Å²) in [6, 6.07) is 0. The Bertz CT molecular complexity index is 206. The molecule has 0 aromatic rings. The minimum absolute atomic E-state index is 0.922. The Morgan fingerprint density at radius 3 is 1.15 bits per heavy atom. The Morgan fingerprint density at radius 2 is 0.950 bits per heavy atom. The zero-order chi connectivity index (χ0) is 15.3. The molecule has 0 aromatic heterocycles. The summed E-state index contributed by atoms with van der Waals surface area (Å²) in [6.45, 7) is 7.41. The molecule has 0 heterocycles. The number of hydrogen-bond acceptors (Lipinski definition) is 1. The molecule has 0 spiro atoms. The van der Waals surface area contributed by atoms with Crippen molar-refractivity contribution < 1.29 is 4.79 Å². The van der Waals surface area contributed by atoms with E-state index in [4.69, 9.17) is 0 Å². The van der Waals surface area contributed by atoms with E-state index in [-0.39, 0.29) is 0 Å². The van der Waals surface area contributed by atoms with Crippen molar-refractivity contribution in [1.29, 1.82) is 0 Å². The Morgan fingerprint density at radius 1 is 0.650 bits per heavy atom. The average molecular weight is 302 g/mol. The second-order valence-electron chi connectivity index (χ2n) is 6.89. The number of carbonyl (C=O) groups is 1. The van der Waals surface area contributed by atoms with Crippen LogP contribution in [-0.4, -0.2) is 37.1 Å². The number of hydrogen-bond donors (Lipinski definition) is 0. The van der Waals surface area contributed by atoms with E-state index >= 15 is 0 Å². The molecule has 0 rings (SSSR count). The molecule has 0 atom stereocenters. The third kappa shape index (κ3) is 6.25. The van der Waals surface area contributed by atoms with Gasteiger partial charge in [0.05, 0.1) is 0 Å². The predicted octanol–water partition coefficient (Wildman–Crippen LogP) is 5.94. The van der Waals surface area contributed by atoms with E-state index in [9.17, 15) is 4.79 Å². The summed E-state index contributed by atoms with van der Waals surface area (Å²) in [7, 11) is 0. The number of rotatable bonds is 14. The van der Waals surface area contributed by atoms with Gasteiger partial charge in [0.1, 0.15) is 0 Å². The standard InChI is InChI=1S/C18H39OP/c1-5-9-14-20(18-13-19,15-10-6-2,16-11-7-3)17-12-8-4/h13H,5-12,14-18H2,1-4H3. The van der Waals surface area contributed by atoms with Crippen molar-refractivity contribution in [3.8, 4) is 0 Å². The van der Waals surface area contributed by atoms with Crippen molar-refractivity contribution in [1.82, 2.24) is 0 Å². The maximum absolute atomic E-state index is 11.5. The Kier molecular flexibility index (Phi) is 10.8. The number of carbonyl (C=O) groups excluding carboxylic acids is 1. The van der Waals surface area contributed by atoms with Gasteiger partial charge in [-0.2, -0.15) is 0 Å². The molecular formula is C18H39OP. The van der Waals surface area contributed by atoms with E-state index in [0.29, 0.717) is 0 Å². The van der Waals surface area contributed by atoms with Gasteiger partial charge in [0.25, 0.3) is 0 Å². The van der Waals surface area contributed by atoms with Crippen LogP contribution in [0, 0.1) is 0 Å². The zero-order valence-corrected chi connectivity index (χ0v) is 15.5. The fraction of sp³-hybridized carbons (Fsp3) is 0.944. The van der Waals surface area contributed by atoms with Crippen LogP contribution in [0.25, 0.3) is 0 Å². The zero-order valence-electron chi connectivity index (χ0n) is 14.6. The molecule has 0 bridgehead atoms. The predicted molar refractivity (Wildman–Crippen MR) is 97.0 cm³/mol. The van der Waals surface area contributed by atoms with Gasteiger partial charge >= 0.3 is 128 Å². The third-order valence-corrected chi connectivity index (χ3v) is 12.7. The maximum atomic E-state index is 11.5. The van der Waals surface area contributed by atoms with Crippen LogP contribution in [0.2, 0.25) is 0 Å². The van der Waals surface area contributed by atoms with Gasteiger partial charge in [-0.05, 0) is 0 Å². The normalized spacial score (nSPS) is 13.9. The average Bonchev–Trinajstić information content (AvgIpc) is 2.48. The second-order valence-corrected chi connectivity index (χ2v) is 13.5. The molecule has 0 N–H and O–H groups in total. The van der Waals surface area contributed by atoms with Gasteiger partial charge < -0.3 is 0 Å². The molecule has 0 fully saturated rings. The molecule has 0 saturated heterocycles. The van der Waals surface area contributed by atoms with E-state index in [2.05, 4.69) is 27.7 Å². The molecule has 1 nitrogen and oxygen atoms in total. The molecule has 0 unspecified atom stereocenters. The summed E-state index contributed by atoms with van der Waals surface area (Å²) in [5, 5.41) is 0. The quantitative estimate of drug-likeness (QED) is 0.287. The third-order valence-electron chi connectivity index (χ3n) is 5.17. The van der Waals surface area contributed by atoms with Crippen molar-refractivity contribution in [2.45, 2.75) is 79.1 Å². The van der Waals surface area contributed by atoms with Gasteiger partial charge in [0.15, 0.2) is 0 Å². The van der Waals surface area contributed by atoms with Crippen molar-refractivity contribution in [3.63, 3.8) is 0 Å². The van der Waals surface area contributed by atoms with E-state index < -0.39 is 6.60 Å². The van der Waals surface area contributed by atoms with E-state index in [1.54, 1.807) is 0 Å². The van der Waals surface area contributed by atoms with E-state index in [1.807, 2.05) is 0 Å². The van der Waals surface area contributed by atoms with Gasteiger partial charge in [-0.15, -0.1) is 0 Å². The minimum atomic E-state index is -1.78. The number of aldehydes is 1. The molecule has 20 heavy (non-hydrogen) atoms. The summed E-state index contributed by atoms with van der Waals surface area (Å²) in [6.07, 6.45) is 18.2. The SMILES string of the molecule is CCCCP(CC=O)(CCCC)(CCCC)CCCC.